The fourth-order valence-corrected chi connectivity index (χ4v) is 3.22. The third-order valence-corrected chi connectivity index (χ3v) is 4.92. The van der Waals surface area contributed by atoms with Gasteiger partial charge in [0, 0.05) is 43.8 Å². The van der Waals surface area contributed by atoms with Crippen molar-refractivity contribution in [1.82, 2.24) is 14.9 Å². The fourth-order valence-electron chi connectivity index (χ4n) is 2.99. The summed E-state index contributed by atoms with van der Waals surface area (Å²) >= 11 is 5.67. The van der Waals surface area contributed by atoms with Crippen LogP contribution >= 0.6 is 11.6 Å². The lowest BCUT2D eigenvalue weighted by molar-refractivity contribution is -0.137. The van der Waals surface area contributed by atoms with E-state index in [0.717, 1.165) is 49.5 Å². The Bertz CT molecular complexity index is 804. The smallest absolute Gasteiger partial charge is 0.369 e. The van der Waals surface area contributed by atoms with Crippen LogP contribution in [0.4, 0.5) is 30.5 Å². The third-order valence-electron chi connectivity index (χ3n) is 4.63. The highest BCUT2D eigenvalue weighted by atomic mass is 35.5. The molecule has 0 saturated carbocycles. The second-order valence-corrected chi connectivity index (χ2v) is 6.86. The van der Waals surface area contributed by atoms with Crippen molar-refractivity contribution in [2.75, 3.05) is 43.4 Å². The Balaban J connectivity index is 1.80. The second-order valence-electron chi connectivity index (χ2n) is 6.51. The Kier molecular flexibility index (Phi) is 5.76. The monoisotopic (exact) mass is 399 g/mol. The van der Waals surface area contributed by atoms with Crippen molar-refractivity contribution in [3.63, 3.8) is 0 Å². The van der Waals surface area contributed by atoms with E-state index in [-0.39, 0.29) is 5.95 Å². The molecular weight excluding hydrogens is 379 g/mol. The predicted octanol–water partition coefficient (Wildman–Crippen LogP) is 4.21. The van der Waals surface area contributed by atoms with Crippen molar-refractivity contribution in [3.05, 3.63) is 40.7 Å². The first kappa shape index (κ1) is 19.7. The molecule has 1 aliphatic rings. The van der Waals surface area contributed by atoms with Crippen LogP contribution in [0.1, 0.15) is 18.1 Å². The summed E-state index contributed by atoms with van der Waals surface area (Å²) in [5.41, 5.74) is 1.88. The maximum atomic E-state index is 12.8. The van der Waals surface area contributed by atoms with Gasteiger partial charge in [-0.1, -0.05) is 18.5 Å². The van der Waals surface area contributed by atoms with Gasteiger partial charge in [0.15, 0.2) is 0 Å². The van der Waals surface area contributed by atoms with E-state index >= 15 is 0 Å². The third kappa shape index (κ3) is 4.62. The Morgan fingerprint density at radius 3 is 2.48 bits per heavy atom. The van der Waals surface area contributed by atoms with Gasteiger partial charge in [0.05, 0.1) is 0 Å². The van der Waals surface area contributed by atoms with Gasteiger partial charge in [-0.3, -0.25) is 0 Å². The summed E-state index contributed by atoms with van der Waals surface area (Å²) in [7, 11) is 2.11. The Hall–Kier alpha value is -2.06. The van der Waals surface area contributed by atoms with Crippen molar-refractivity contribution in [2.24, 2.45) is 0 Å². The molecule has 0 amide bonds. The number of likely N-dealkylation sites (N-methyl/N-ethyl adjacent to an activating group) is 1. The summed E-state index contributed by atoms with van der Waals surface area (Å²) in [5, 5.41) is 2.36. The van der Waals surface area contributed by atoms with E-state index in [1.807, 2.05) is 19.1 Å². The van der Waals surface area contributed by atoms with Crippen molar-refractivity contribution in [2.45, 2.75) is 19.5 Å². The first-order valence-corrected chi connectivity index (χ1v) is 9.09. The average Bonchev–Trinajstić information content (AvgIpc) is 2.62. The molecule has 5 nitrogen and oxygen atoms in total. The molecule has 146 valence electrons. The number of halogens is 4. The minimum Gasteiger partial charge on any atom is -0.369 e. The lowest BCUT2D eigenvalue weighted by atomic mass is 10.1. The number of aromatic nitrogens is 2. The van der Waals surface area contributed by atoms with Crippen molar-refractivity contribution in [3.8, 4) is 0 Å². The highest BCUT2D eigenvalue weighted by Crippen LogP contribution is 2.34. The van der Waals surface area contributed by atoms with Gasteiger partial charge >= 0.3 is 6.18 Å². The first-order chi connectivity index (χ1) is 12.8. The molecule has 0 atom stereocenters. The molecule has 0 radical (unpaired) electrons. The van der Waals surface area contributed by atoms with Crippen molar-refractivity contribution >= 4 is 28.9 Å². The van der Waals surface area contributed by atoms with Gasteiger partial charge < -0.3 is 15.1 Å². The number of hydrogen-bond donors (Lipinski definition) is 1. The van der Waals surface area contributed by atoms with Crippen LogP contribution in [-0.4, -0.2) is 48.1 Å². The maximum absolute atomic E-state index is 12.8. The maximum Gasteiger partial charge on any atom is 0.420 e. The van der Waals surface area contributed by atoms with Gasteiger partial charge in [-0.2, -0.15) is 13.2 Å². The van der Waals surface area contributed by atoms with Gasteiger partial charge in [-0.05, 0) is 37.2 Å². The SMILES string of the molecule is CCc1cc(N2CCN(C)CC2)ccc1Nc1ncc(C(F)(F)F)c(Cl)n1. The lowest BCUT2D eigenvalue weighted by Gasteiger charge is -2.34. The number of nitrogens with one attached hydrogen (secondary N) is 1. The van der Waals surface area contributed by atoms with Gasteiger partial charge in [-0.15, -0.1) is 0 Å². The zero-order chi connectivity index (χ0) is 19.6. The molecule has 1 aliphatic heterocycles. The fraction of sp³-hybridized carbons (Fsp3) is 0.444. The number of hydrogen-bond acceptors (Lipinski definition) is 5. The Morgan fingerprint density at radius 1 is 1.19 bits per heavy atom. The second kappa shape index (κ2) is 7.90. The molecule has 2 aromatic rings. The van der Waals surface area contributed by atoms with Crippen LogP contribution in [0.5, 0.6) is 0 Å². The minimum absolute atomic E-state index is 0.0371. The molecule has 0 unspecified atom stereocenters. The van der Waals surface area contributed by atoms with Crippen LogP contribution < -0.4 is 10.2 Å². The highest BCUT2D eigenvalue weighted by Gasteiger charge is 2.34. The number of nitrogens with zero attached hydrogens (tertiary/aromatic N) is 4. The van der Waals surface area contributed by atoms with Crippen LogP contribution in [0.15, 0.2) is 24.4 Å². The largest absolute Gasteiger partial charge is 0.420 e. The molecule has 1 fully saturated rings. The van der Waals surface area contributed by atoms with Crippen molar-refractivity contribution in [1.29, 1.82) is 0 Å². The van der Waals surface area contributed by atoms with Gasteiger partial charge in [0.1, 0.15) is 10.7 Å². The molecule has 1 aromatic heterocycles. The average molecular weight is 400 g/mol. The van der Waals surface area contributed by atoms with E-state index in [4.69, 9.17) is 11.6 Å². The van der Waals surface area contributed by atoms with Gasteiger partial charge in [-0.25, -0.2) is 9.97 Å². The normalized spacial score (nSPS) is 15.9. The molecule has 9 heteroatoms. The van der Waals surface area contributed by atoms with E-state index in [0.29, 0.717) is 6.20 Å². The summed E-state index contributed by atoms with van der Waals surface area (Å²) in [6.45, 7) is 5.97. The number of benzene rings is 1. The summed E-state index contributed by atoms with van der Waals surface area (Å²) in [5.74, 6) is 0.0371. The molecule has 1 saturated heterocycles. The quantitative estimate of drug-likeness (QED) is 0.780. The summed E-state index contributed by atoms with van der Waals surface area (Å²) in [6.07, 6.45) is -3.12. The zero-order valence-electron chi connectivity index (χ0n) is 15.1. The van der Waals surface area contributed by atoms with Crippen LogP contribution in [0.25, 0.3) is 0 Å². The minimum atomic E-state index is -4.58. The molecule has 0 spiro atoms. The Labute approximate surface area is 161 Å². The van der Waals surface area contributed by atoms with Gasteiger partial charge in [0.25, 0.3) is 0 Å². The number of rotatable bonds is 4. The lowest BCUT2D eigenvalue weighted by Crippen LogP contribution is -2.44. The standard InChI is InChI=1S/C18H21ClF3N5/c1-3-12-10-13(27-8-6-26(2)7-9-27)4-5-15(12)24-17-23-11-14(16(19)25-17)18(20,21)22/h4-5,10-11H,3,6-9H2,1-2H3,(H,23,24,25). The molecule has 0 aliphatic carbocycles. The number of piperazine rings is 1. The van der Waals surface area contributed by atoms with Gasteiger partial charge in [0.2, 0.25) is 5.95 Å². The molecule has 3 rings (SSSR count). The van der Waals surface area contributed by atoms with Crippen LogP contribution in [0.2, 0.25) is 5.15 Å². The molecular formula is C18H21ClF3N5. The van der Waals surface area contributed by atoms with E-state index in [1.165, 1.54) is 0 Å². The molecule has 0 bridgehead atoms. The van der Waals surface area contributed by atoms with Crippen molar-refractivity contribution < 1.29 is 13.2 Å². The summed E-state index contributed by atoms with van der Waals surface area (Å²) < 4.78 is 38.3. The van der Waals surface area contributed by atoms with Crippen LogP contribution in [0, 0.1) is 0 Å². The van der Waals surface area contributed by atoms with E-state index in [2.05, 4.69) is 38.2 Å². The summed E-state index contributed by atoms with van der Waals surface area (Å²) in [6, 6.07) is 6.00. The molecule has 1 N–H and O–H groups in total. The summed E-state index contributed by atoms with van der Waals surface area (Å²) in [4.78, 5) is 12.1. The number of aryl methyl sites for hydroxylation is 1. The van der Waals surface area contributed by atoms with Crippen LogP contribution in [0.3, 0.4) is 0 Å². The molecule has 27 heavy (non-hydrogen) atoms. The van der Waals surface area contributed by atoms with E-state index in [1.54, 1.807) is 0 Å². The molecule has 2 heterocycles. The van der Waals surface area contributed by atoms with E-state index in [9.17, 15) is 13.2 Å². The topological polar surface area (TPSA) is 44.3 Å². The van der Waals surface area contributed by atoms with Crippen LogP contribution in [-0.2, 0) is 12.6 Å². The molecule has 1 aromatic carbocycles. The predicted molar refractivity (Wildman–Crippen MR) is 101 cm³/mol. The van der Waals surface area contributed by atoms with E-state index < -0.39 is 16.9 Å². The Morgan fingerprint density at radius 2 is 1.89 bits per heavy atom. The first-order valence-electron chi connectivity index (χ1n) is 8.71. The zero-order valence-corrected chi connectivity index (χ0v) is 15.9. The number of anilines is 3. The number of alkyl halides is 3. The highest BCUT2D eigenvalue weighted by molar-refractivity contribution is 6.30.